The van der Waals surface area contributed by atoms with E-state index in [1.807, 2.05) is 55.0 Å². The summed E-state index contributed by atoms with van der Waals surface area (Å²) in [4.78, 5) is 15.0. The molecule has 4 heteroatoms. The van der Waals surface area contributed by atoms with Gasteiger partial charge in [0, 0.05) is 12.1 Å². The molecule has 0 spiro atoms. The summed E-state index contributed by atoms with van der Waals surface area (Å²) in [6.07, 6.45) is 4.05. The van der Waals surface area contributed by atoms with Crippen LogP contribution in [0.1, 0.15) is 15.9 Å². The van der Waals surface area contributed by atoms with E-state index in [4.69, 9.17) is 0 Å². The van der Waals surface area contributed by atoms with Crippen LogP contribution in [0.25, 0.3) is 0 Å². The fourth-order valence-electron chi connectivity index (χ4n) is 2.68. The van der Waals surface area contributed by atoms with Gasteiger partial charge in [0.25, 0.3) is 0 Å². The highest BCUT2D eigenvalue weighted by Crippen LogP contribution is 2.41. The molecule has 2 nitrogen and oxygen atoms in total. The van der Waals surface area contributed by atoms with Gasteiger partial charge in [0.05, 0.1) is 9.92 Å². The van der Waals surface area contributed by atoms with Gasteiger partial charge >= 0.3 is 0 Å². The van der Waals surface area contributed by atoms with Gasteiger partial charge in [-0.2, -0.15) is 0 Å². The molecule has 1 heterocycles. The number of para-hydroxylation sites is 1. The summed E-state index contributed by atoms with van der Waals surface area (Å²) in [6, 6.07) is 18.1. The second kappa shape index (κ2) is 6.63. The summed E-state index contributed by atoms with van der Waals surface area (Å²) in [5.74, 6) is 0.130. The Bertz CT molecular complexity index is 719. The summed E-state index contributed by atoms with van der Waals surface area (Å²) in [5, 5.41) is 0. The Morgan fingerprint density at radius 3 is 2.27 bits per heavy atom. The standard InChI is InChI=1S/C18H17NOS2/c1-21-18(22-2)16-17(20)14-10-6-7-11-15(14)19(16)12-13-8-4-3-5-9-13/h3-11H,12H2,1-2H3. The zero-order valence-electron chi connectivity index (χ0n) is 12.6. The second-order valence-electron chi connectivity index (χ2n) is 4.96. The Morgan fingerprint density at radius 1 is 0.955 bits per heavy atom. The van der Waals surface area contributed by atoms with E-state index in [2.05, 4.69) is 17.0 Å². The van der Waals surface area contributed by atoms with Crippen molar-refractivity contribution in [3.63, 3.8) is 0 Å². The molecular formula is C18H17NOS2. The molecule has 2 aromatic rings. The van der Waals surface area contributed by atoms with Gasteiger partial charge in [0.15, 0.2) is 0 Å². The normalized spacial score (nSPS) is 13.5. The van der Waals surface area contributed by atoms with E-state index < -0.39 is 0 Å². The van der Waals surface area contributed by atoms with Crippen LogP contribution in [-0.4, -0.2) is 18.3 Å². The maximum absolute atomic E-state index is 12.8. The quantitative estimate of drug-likeness (QED) is 0.752. The average molecular weight is 327 g/mol. The minimum atomic E-state index is 0.130. The lowest BCUT2D eigenvalue weighted by atomic mass is 10.1. The molecule has 1 aliphatic heterocycles. The first-order valence-electron chi connectivity index (χ1n) is 7.03. The molecule has 1 aliphatic rings. The van der Waals surface area contributed by atoms with Crippen molar-refractivity contribution < 1.29 is 4.79 Å². The second-order valence-corrected chi connectivity index (χ2v) is 6.85. The number of fused-ring (bicyclic) bond motifs is 1. The number of thioether (sulfide) groups is 2. The molecule has 0 radical (unpaired) electrons. The molecule has 22 heavy (non-hydrogen) atoms. The van der Waals surface area contributed by atoms with E-state index in [-0.39, 0.29) is 5.78 Å². The Kier molecular flexibility index (Phi) is 4.60. The molecule has 0 saturated heterocycles. The van der Waals surface area contributed by atoms with Gasteiger partial charge in [-0.05, 0) is 30.2 Å². The molecule has 0 unspecified atom stereocenters. The van der Waals surface area contributed by atoms with Crippen molar-refractivity contribution in [1.29, 1.82) is 0 Å². The molecule has 0 saturated carbocycles. The van der Waals surface area contributed by atoms with E-state index in [1.54, 1.807) is 23.5 Å². The smallest absolute Gasteiger partial charge is 0.213 e. The Balaban J connectivity index is 2.10. The van der Waals surface area contributed by atoms with Crippen molar-refractivity contribution in [2.24, 2.45) is 0 Å². The molecule has 0 fully saturated rings. The molecule has 0 bridgehead atoms. The summed E-state index contributed by atoms with van der Waals surface area (Å²) in [6.45, 7) is 0.712. The van der Waals surface area contributed by atoms with E-state index >= 15 is 0 Å². The van der Waals surface area contributed by atoms with E-state index in [0.29, 0.717) is 6.54 Å². The number of carbonyl (C=O) groups excluding carboxylic acids is 1. The SMILES string of the molecule is CSC(SC)=C1C(=O)c2ccccc2N1Cc1ccccc1. The number of anilines is 1. The van der Waals surface area contributed by atoms with Crippen LogP contribution in [0.5, 0.6) is 0 Å². The van der Waals surface area contributed by atoms with Gasteiger partial charge in [0.1, 0.15) is 5.70 Å². The lowest BCUT2D eigenvalue weighted by Crippen LogP contribution is -2.21. The fraction of sp³-hybridized carbons (Fsp3) is 0.167. The third kappa shape index (κ3) is 2.69. The van der Waals surface area contributed by atoms with Crippen LogP contribution >= 0.6 is 23.5 Å². The monoisotopic (exact) mass is 327 g/mol. The van der Waals surface area contributed by atoms with Crippen LogP contribution in [0.2, 0.25) is 0 Å². The first kappa shape index (κ1) is 15.3. The van der Waals surface area contributed by atoms with Gasteiger partial charge in [-0.1, -0.05) is 42.5 Å². The number of nitrogens with zero attached hydrogens (tertiary/aromatic N) is 1. The number of rotatable bonds is 4. The van der Waals surface area contributed by atoms with Crippen LogP contribution in [-0.2, 0) is 6.54 Å². The molecule has 0 amide bonds. The first-order chi connectivity index (χ1) is 10.8. The van der Waals surface area contributed by atoms with Crippen LogP contribution < -0.4 is 4.90 Å². The summed E-state index contributed by atoms with van der Waals surface area (Å²) < 4.78 is 1.07. The summed E-state index contributed by atoms with van der Waals surface area (Å²) in [7, 11) is 0. The average Bonchev–Trinajstić information content (AvgIpc) is 2.84. The lowest BCUT2D eigenvalue weighted by Gasteiger charge is -2.22. The van der Waals surface area contributed by atoms with Crippen LogP contribution in [0.3, 0.4) is 0 Å². The van der Waals surface area contributed by atoms with E-state index in [9.17, 15) is 4.79 Å². The fourth-order valence-corrected chi connectivity index (χ4v) is 4.14. The largest absolute Gasteiger partial charge is 0.332 e. The van der Waals surface area contributed by atoms with Crippen LogP contribution in [0, 0.1) is 0 Å². The highest BCUT2D eigenvalue weighted by atomic mass is 32.2. The van der Waals surface area contributed by atoms with Crippen molar-refractivity contribution in [2.75, 3.05) is 17.4 Å². The Labute approximate surface area is 139 Å². The molecule has 0 N–H and O–H groups in total. The highest BCUT2D eigenvalue weighted by molar-refractivity contribution is 8.21. The Hall–Kier alpha value is -1.65. The predicted octanol–water partition coefficient (Wildman–Crippen LogP) is 4.78. The number of benzene rings is 2. The van der Waals surface area contributed by atoms with E-state index in [1.165, 1.54) is 5.56 Å². The minimum absolute atomic E-state index is 0.130. The number of Topliss-reactive ketones (excluding diaryl/α,β-unsaturated/α-hetero) is 1. The van der Waals surface area contributed by atoms with Crippen molar-refractivity contribution >= 4 is 35.0 Å². The molecular weight excluding hydrogens is 310 g/mol. The van der Waals surface area contributed by atoms with Gasteiger partial charge < -0.3 is 4.90 Å². The van der Waals surface area contributed by atoms with Crippen molar-refractivity contribution in [2.45, 2.75) is 6.54 Å². The number of hydrogen-bond donors (Lipinski definition) is 0. The lowest BCUT2D eigenvalue weighted by molar-refractivity contribution is 0.103. The maximum atomic E-state index is 12.8. The maximum Gasteiger partial charge on any atom is 0.213 e. The molecule has 112 valence electrons. The van der Waals surface area contributed by atoms with Crippen molar-refractivity contribution in [3.8, 4) is 0 Å². The minimum Gasteiger partial charge on any atom is -0.332 e. The molecule has 0 aliphatic carbocycles. The third-order valence-corrected chi connectivity index (χ3v) is 5.80. The van der Waals surface area contributed by atoms with Crippen LogP contribution in [0.15, 0.2) is 64.5 Å². The number of hydrogen-bond acceptors (Lipinski definition) is 4. The van der Waals surface area contributed by atoms with Gasteiger partial charge in [-0.25, -0.2) is 0 Å². The summed E-state index contributed by atoms with van der Waals surface area (Å²) >= 11 is 3.27. The zero-order valence-corrected chi connectivity index (χ0v) is 14.2. The van der Waals surface area contributed by atoms with Gasteiger partial charge in [-0.3, -0.25) is 4.79 Å². The zero-order chi connectivity index (χ0) is 15.5. The van der Waals surface area contributed by atoms with Gasteiger partial charge in [-0.15, -0.1) is 23.5 Å². The number of allylic oxidation sites excluding steroid dienone is 1. The van der Waals surface area contributed by atoms with Gasteiger partial charge in [0.2, 0.25) is 5.78 Å². The molecule has 3 rings (SSSR count). The third-order valence-electron chi connectivity index (χ3n) is 3.67. The Morgan fingerprint density at radius 2 is 1.59 bits per heavy atom. The van der Waals surface area contributed by atoms with Crippen LogP contribution in [0.4, 0.5) is 5.69 Å². The number of carbonyl (C=O) groups is 1. The topological polar surface area (TPSA) is 20.3 Å². The summed E-state index contributed by atoms with van der Waals surface area (Å²) in [5.41, 5.74) is 3.82. The van der Waals surface area contributed by atoms with Crippen molar-refractivity contribution in [3.05, 3.63) is 75.7 Å². The highest BCUT2D eigenvalue weighted by Gasteiger charge is 2.34. The molecule has 0 atom stereocenters. The number of ketones is 1. The molecule has 0 aromatic heterocycles. The predicted molar refractivity (Wildman–Crippen MR) is 97.5 cm³/mol. The van der Waals surface area contributed by atoms with E-state index in [0.717, 1.165) is 21.2 Å². The first-order valence-corrected chi connectivity index (χ1v) is 9.48. The molecule has 2 aromatic carbocycles. The van der Waals surface area contributed by atoms with Crippen molar-refractivity contribution in [1.82, 2.24) is 0 Å².